The molecule has 5 nitrogen and oxygen atoms in total. The molecule has 0 aliphatic carbocycles. The molecule has 0 heterocycles. The molecule has 3 aromatic carbocycles. The van der Waals surface area contributed by atoms with Gasteiger partial charge in [0.2, 0.25) is 0 Å². The topological polar surface area (TPSA) is 78.4 Å². The molecule has 1 atom stereocenters. The number of aliphatic carboxylic acids is 1. The van der Waals surface area contributed by atoms with Crippen LogP contribution in [0, 0.1) is 19.8 Å². The molecule has 0 aromatic heterocycles. The smallest absolute Gasteiger partial charge is 0.416 e. The molecule has 0 spiro atoms. The summed E-state index contributed by atoms with van der Waals surface area (Å²) in [4.78, 5) is 22.6. The number of benzene rings is 3. The Morgan fingerprint density at radius 3 is 2.11 bits per heavy atom. The van der Waals surface area contributed by atoms with E-state index in [4.69, 9.17) is 5.11 Å². The number of hydrogen-bond donors (Lipinski definition) is 3. The molecule has 38 heavy (non-hydrogen) atoms. The number of aryl methyl sites for hydroxylation is 3. The fourth-order valence-electron chi connectivity index (χ4n) is 4.36. The monoisotopic (exact) mass is 526 g/mol. The number of carboxylic acid groups (broad SMARTS) is 1. The van der Waals surface area contributed by atoms with Crippen LogP contribution in [0.1, 0.15) is 52.4 Å². The number of amides is 1. The van der Waals surface area contributed by atoms with Crippen molar-refractivity contribution in [2.45, 2.75) is 46.2 Å². The molecule has 0 aliphatic heterocycles. The maximum Gasteiger partial charge on any atom is 0.416 e. The largest absolute Gasteiger partial charge is 0.481 e. The highest BCUT2D eigenvalue weighted by molar-refractivity contribution is 5.94. The van der Waals surface area contributed by atoms with Crippen molar-refractivity contribution in [3.8, 4) is 11.1 Å². The molecule has 0 bridgehead atoms. The van der Waals surface area contributed by atoms with Gasteiger partial charge in [0.25, 0.3) is 5.91 Å². The van der Waals surface area contributed by atoms with Gasteiger partial charge < -0.3 is 15.7 Å². The molecule has 3 N–H and O–H groups in total. The molecule has 0 radical (unpaired) electrons. The van der Waals surface area contributed by atoms with Crippen LogP contribution in [0.3, 0.4) is 0 Å². The first-order valence-corrected chi connectivity index (χ1v) is 12.6. The summed E-state index contributed by atoms with van der Waals surface area (Å²) in [5, 5.41) is 14.7. The van der Waals surface area contributed by atoms with Crippen molar-refractivity contribution >= 4 is 17.6 Å². The second-order valence-corrected chi connectivity index (χ2v) is 9.68. The SMILES string of the molecule is Cc1cc(NCC(C)CCc2ccc(C(=O)NCCC(=O)O)cc2)cc(C)c1-c1ccc(C(F)(F)F)cc1. The van der Waals surface area contributed by atoms with E-state index in [-0.39, 0.29) is 18.9 Å². The van der Waals surface area contributed by atoms with Crippen molar-refractivity contribution in [1.82, 2.24) is 5.32 Å². The maximum atomic E-state index is 12.9. The summed E-state index contributed by atoms with van der Waals surface area (Å²) in [6, 6.07) is 16.6. The van der Waals surface area contributed by atoms with E-state index in [2.05, 4.69) is 17.6 Å². The third-order valence-corrected chi connectivity index (χ3v) is 6.45. The minimum atomic E-state index is -4.35. The second kappa shape index (κ2) is 12.6. The summed E-state index contributed by atoms with van der Waals surface area (Å²) in [5.74, 6) is -0.862. The Morgan fingerprint density at radius 1 is 0.947 bits per heavy atom. The lowest BCUT2D eigenvalue weighted by atomic mass is 9.94. The molecule has 3 rings (SSSR count). The number of anilines is 1. The molecule has 8 heteroatoms. The Kier molecular flexibility index (Phi) is 9.55. The van der Waals surface area contributed by atoms with Gasteiger partial charge in [-0.1, -0.05) is 31.2 Å². The minimum Gasteiger partial charge on any atom is -0.481 e. The first-order chi connectivity index (χ1) is 17.9. The standard InChI is InChI=1S/C30H33F3N2O3/c1-19(4-5-22-6-8-24(9-7-22)29(38)34-15-14-27(36)37)18-35-26-16-20(2)28(21(3)17-26)23-10-12-25(13-11-23)30(31,32)33/h6-13,16-17,19,35H,4-5,14-15,18H2,1-3H3,(H,34,38)(H,36,37). The molecular weight excluding hydrogens is 493 g/mol. The summed E-state index contributed by atoms with van der Waals surface area (Å²) in [6.45, 7) is 6.95. The average Bonchev–Trinajstić information content (AvgIpc) is 2.85. The predicted octanol–water partition coefficient (Wildman–Crippen LogP) is 6.87. The van der Waals surface area contributed by atoms with Gasteiger partial charge in [-0.25, -0.2) is 0 Å². The molecule has 3 aromatic rings. The summed E-state index contributed by atoms with van der Waals surface area (Å²) in [7, 11) is 0. The minimum absolute atomic E-state index is 0.0945. The van der Waals surface area contributed by atoms with Gasteiger partial charge >= 0.3 is 12.1 Å². The van der Waals surface area contributed by atoms with Crippen molar-refractivity contribution in [2.75, 3.05) is 18.4 Å². The van der Waals surface area contributed by atoms with Crippen molar-refractivity contribution in [3.63, 3.8) is 0 Å². The number of carboxylic acids is 1. The van der Waals surface area contributed by atoms with Crippen LogP contribution in [0.2, 0.25) is 0 Å². The Morgan fingerprint density at radius 2 is 1.55 bits per heavy atom. The third kappa shape index (κ3) is 8.10. The summed E-state index contributed by atoms with van der Waals surface area (Å²) >= 11 is 0. The van der Waals surface area contributed by atoms with Crippen LogP contribution in [0.15, 0.2) is 60.7 Å². The van der Waals surface area contributed by atoms with E-state index < -0.39 is 17.7 Å². The molecule has 1 amide bonds. The van der Waals surface area contributed by atoms with Crippen LogP contribution in [0.4, 0.5) is 18.9 Å². The lowest BCUT2D eigenvalue weighted by molar-refractivity contribution is -0.138. The molecule has 0 fully saturated rings. The summed E-state index contributed by atoms with van der Waals surface area (Å²) < 4.78 is 38.7. The number of halogens is 3. The van der Waals surface area contributed by atoms with Gasteiger partial charge in [-0.2, -0.15) is 13.2 Å². The number of nitrogens with one attached hydrogen (secondary N) is 2. The zero-order valence-electron chi connectivity index (χ0n) is 21.8. The molecular formula is C30H33F3N2O3. The normalized spacial score (nSPS) is 12.2. The van der Waals surface area contributed by atoms with Crippen LogP contribution < -0.4 is 10.6 Å². The number of rotatable bonds is 11. The van der Waals surface area contributed by atoms with E-state index in [1.54, 1.807) is 12.1 Å². The number of alkyl halides is 3. The molecule has 202 valence electrons. The fourth-order valence-corrected chi connectivity index (χ4v) is 4.36. The highest BCUT2D eigenvalue weighted by atomic mass is 19.4. The van der Waals surface area contributed by atoms with Crippen molar-refractivity contribution in [3.05, 3.63) is 88.5 Å². The lowest BCUT2D eigenvalue weighted by Crippen LogP contribution is -2.25. The average molecular weight is 527 g/mol. The Hall–Kier alpha value is -3.81. The molecule has 0 saturated carbocycles. The van der Waals surface area contributed by atoms with Gasteiger partial charge in [-0.3, -0.25) is 9.59 Å². The zero-order valence-corrected chi connectivity index (χ0v) is 21.8. The van der Waals surface area contributed by atoms with E-state index in [0.29, 0.717) is 11.5 Å². The summed E-state index contributed by atoms with van der Waals surface area (Å²) in [6.07, 6.45) is -2.66. The van der Waals surface area contributed by atoms with Crippen molar-refractivity contribution in [1.29, 1.82) is 0 Å². The quantitative estimate of drug-likeness (QED) is 0.255. The maximum absolute atomic E-state index is 12.9. The number of hydrogen-bond acceptors (Lipinski definition) is 3. The zero-order chi connectivity index (χ0) is 27.9. The molecule has 0 saturated heterocycles. The van der Waals surface area contributed by atoms with Crippen LogP contribution in [-0.4, -0.2) is 30.1 Å². The van der Waals surface area contributed by atoms with Crippen molar-refractivity contribution < 1.29 is 27.9 Å². The third-order valence-electron chi connectivity index (χ3n) is 6.45. The van der Waals surface area contributed by atoms with E-state index in [9.17, 15) is 22.8 Å². The van der Waals surface area contributed by atoms with E-state index in [0.717, 1.165) is 65.0 Å². The van der Waals surface area contributed by atoms with Gasteiger partial charge in [0.15, 0.2) is 0 Å². The van der Waals surface area contributed by atoms with E-state index >= 15 is 0 Å². The number of carbonyl (C=O) groups excluding carboxylic acids is 1. The van der Waals surface area contributed by atoms with E-state index in [1.165, 1.54) is 12.1 Å². The van der Waals surface area contributed by atoms with Gasteiger partial charge in [0.05, 0.1) is 12.0 Å². The van der Waals surface area contributed by atoms with Crippen LogP contribution in [0.25, 0.3) is 11.1 Å². The van der Waals surface area contributed by atoms with Crippen LogP contribution in [0.5, 0.6) is 0 Å². The molecule has 0 aliphatic rings. The first kappa shape index (κ1) is 28.8. The summed E-state index contributed by atoms with van der Waals surface area (Å²) in [5.41, 5.74) is 5.62. The first-order valence-electron chi connectivity index (χ1n) is 12.6. The lowest BCUT2D eigenvalue weighted by Gasteiger charge is -2.17. The van der Waals surface area contributed by atoms with Gasteiger partial charge in [0.1, 0.15) is 0 Å². The van der Waals surface area contributed by atoms with Crippen LogP contribution in [-0.2, 0) is 17.4 Å². The highest BCUT2D eigenvalue weighted by Crippen LogP contribution is 2.34. The Bertz CT molecular complexity index is 1230. The van der Waals surface area contributed by atoms with Gasteiger partial charge in [0, 0.05) is 24.3 Å². The highest BCUT2D eigenvalue weighted by Gasteiger charge is 2.30. The van der Waals surface area contributed by atoms with Crippen molar-refractivity contribution in [2.24, 2.45) is 5.92 Å². The Labute approximate surface area is 221 Å². The molecule has 1 unspecified atom stereocenters. The second-order valence-electron chi connectivity index (χ2n) is 9.68. The van der Waals surface area contributed by atoms with Gasteiger partial charge in [-0.15, -0.1) is 0 Å². The van der Waals surface area contributed by atoms with Crippen LogP contribution >= 0.6 is 0 Å². The predicted molar refractivity (Wildman–Crippen MR) is 143 cm³/mol. The number of carbonyl (C=O) groups is 2. The fraction of sp³-hybridized carbons (Fsp3) is 0.333. The van der Waals surface area contributed by atoms with Gasteiger partial charge in [-0.05, 0) is 96.8 Å². The Balaban J connectivity index is 1.51. The van der Waals surface area contributed by atoms with E-state index in [1.807, 2.05) is 38.1 Å².